The van der Waals surface area contributed by atoms with Crippen LogP contribution in [0.1, 0.15) is 30.9 Å². The monoisotopic (exact) mass is 248 g/mol. The third-order valence-electron chi connectivity index (χ3n) is 3.30. The number of rotatable bonds is 3. The molecule has 0 saturated carbocycles. The van der Waals surface area contributed by atoms with Gasteiger partial charge in [0.1, 0.15) is 11.9 Å². The number of piperidine rings is 1. The summed E-state index contributed by atoms with van der Waals surface area (Å²) in [6.07, 6.45) is 2.12. The van der Waals surface area contributed by atoms with Crippen molar-refractivity contribution in [2.45, 2.75) is 32.0 Å². The van der Waals surface area contributed by atoms with Gasteiger partial charge in [-0.15, -0.1) is 0 Å². The smallest absolute Gasteiger partial charge is 0.140 e. The first-order chi connectivity index (χ1) is 8.63. The largest absolute Gasteiger partial charge is 0.369 e. The van der Waals surface area contributed by atoms with E-state index < -0.39 is 5.82 Å². The van der Waals surface area contributed by atoms with Crippen LogP contribution in [0.25, 0.3) is 0 Å². The summed E-state index contributed by atoms with van der Waals surface area (Å²) in [5.41, 5.74) is 0.738. The van der Waals surface area contributed by atoms with Crippen molar-refractivity contribution in [2.24, 2.45) is 0 Å². The molecule has 1 aliphatic heterocycles. The van der Waals surface area contributed by atoms with E-state index >= 15 is 0 Å². The second kappa shape index (κ2) is 5.47. The summed E-state index contributed by atoms with van der Waals surface area (Å²) >= 11 is 0. The third kappa shape index (κ3) is 3.06. The molecule has 1 saturated heterocycles. The van der Waals surface area contributed by atoms with Crippen LogP contribution >= 0.6 is 0 Å². The van der Waals surface area contributed by atoms with E-state index in [0.717, 1.165) is 31.5 Å². The van der Waals surface area contributed by atoms with Gasteiger partial charge in [-0.1, -0.05) is 6.07 Å². The maximum absolute atomic E-state index is 13.2. The highest BCUT2D eigenvalue weighted by molar-refractivity contribution is 5.34. The first-order valence-corrected chi connectivity index (χ1v) is 6.16. The van der Waals surface area contributed by atoms with Crippen LogP contribution in [0.4, 0.5) is 4.39 Å². The lowest BCUT2D eigenvalue weighted by Crippen LogP contribution is -2.45. The van der Waals surface area contributed by atoms with Crippen LogP contribution in [-0.4, -0.2) is 18.7 Å². The predicted molar refractivity (Wildman–Crippen MR) is 66.4 cm³/mol. The molecule has 96 valence electrons. The van der Waals surface area contributed by atoms with Gasteiger partial charge in [0, 0.05) is 6.54 Å². The van der Waals surface area contributed by atoms with Crippen LogP contribution in [0.2, 0.25) is 0 Å². The van der Waals surface area contributed by atoms with E-state index in [1.165, 1.54) is 6.07 Å². The fourth-order valence-electron chi connectivity index (χ4n) is 2.16. The van der Waals surface area contributed by atoms with Crippen molar-refractivity contribution in [3.63, 3.8) is 0 Å². The minimum absolute atomic E-state index is 0.0722. The lowest BCUT2D eigenvalue weighted by Gasteiger charge is -2.34. The Hall–Kier alpha value is -1.44. The average Bonchev–Trinajstić information content (AvgIpc) is 2.39. The van der Waals surface area contributed by atoms with E-state index in [9.17, 15) is 4.39 Å². The van der Waals surface area contributed by atoms with E-state index in [1.54, 1.807) is 12.1 Å². The Balaban J connectivity index is 2.00. The molecular weight excluding hydrogens is 231 g/mol. The molecule has 0 amide bonds. The first kappa shape index (κ1) is 13.0. The molecule has 1 heterocycles. The fraction of sp³-hybridized carbons (Fsp3) is 0.500. The number of ether oxygens (including phenoxy) is 1. The molecule has 4 heteroatoms. The molecule has 0 spiro atoms. The maximum atomic E-state index is 13.2. The van der Waals surface area contributed by atoms with Crippen LogP contribution in [0.5, 0.6) is 0 Å². The Kier molecular flexibility index (Phi) is 3.95. The Morgan fingerprint density at radius 3 is 3.06 bits per heavy atom. The number of benzene rings is 1. The lowest BCUT2D eigenvalue weighted by molar-refractivity contribution is -0.0571. The summed E-state index contributed by atoms with van der Waals surface area (Å²) in [7, 11) is 0. The Labute approximate surface area is 107 Å². The zero-order chi connectivity index (χ0) is 13.0. The fourth-order valence-corrected chi connectivity index (χ4v) is 2.16. The second-order valence-electron chi connectivity index (χ2n) is 4.94. The quantitative estimate of drug-likeness (QED) is 0.893. The number of nitriles is 1. The lowest BCUT2D eigenvalue weighted by atomic mass is 9.96. The normalized spacial score (nSPS) is 23.6. The predicted octanol–water partition coefficient (Wildman–Crippen LogP) is 2.36. The van der Waals surface area contributed by atoms with Crippen LogP contribution in [0, 0.1) is 17.1 Å². The highest BCUT2D eigenvalue weighted by Crippen LogP contribution is 2.22. The number of halogens is 1. The molecule has 1 aliphatic rings. The van der Waals surface area contributed by atoms with Gasteiger partial charge in [0.05, 0.1) is 17.8 Å². The van der Waals surface area contributed by atoms with Crippen molar-refractivity contribution in [3.8, 4) is 6.07 Å². The van der Waals surface area contributed by atoms with Crippen molar-refractivity contribution >= 4 is 0 Å². The van der Waals surface area contributed by atoms with Gasteiger partial charge in [0.15, 0.2) is 0 Å². The standard InChI is InChI=1S/C14H17FN2O/c1-14(5-2-6-17-10-14)18-9-11-3-4-13(15)12(7-11)8-16/h3-4,7,17H,2,5-6,9-10H2,1H3. The van der Waals surface area contributed by atoms with Gasteiger partial charge in [0.2, 0.25) is 0 Å². The molecule has 0 aliphatic carbocycles. The van der Waals surface area contributed by atoms with Crippen molar-refractivity contribution in [3.05, 3.63) is 35.1 Å². The average molecular weight is 248 g/mol. The number of nitrogens with one attached hydrogen (secondary N) is 1. The Morgan fingerprint density at radius 1 is 1.56 bits per heavy atom. The molecule has 1 fully saturated rings. The number of hydrogen-bond donors (Lipinski definition) is 1. The summed E-state index contributed by atoms with van der Waals surface area (Å²) in [6, 6.07) is 6.37. The molecule has 0 bridgehead atoms. The van der Waals surface area contributed by atoms with Gasteiger partial charge in [-0.2, -0.15) is 5.26 Å². The van der Waals surface area contributed by atoms with Crippen LogP contribution in [-0.2, 0) is 11.3 Å². The summed E-state index contributed by atoms with van der Waals surface area (Å²) in [4.78, 5) is 0. The maximum Gasteiger partial charge on any atom is 0.140 e. The highest BCUT2D eigenvalue weighted by atomic mass is 19.1. The Morgan fingerprint density at radius 2 is 2.39 bits per heavy atom. The number of hydrogen-bond acceptors (Lipinski definition) is 3. The minimum Gasteiger partial charge on any atom is -0.369 e. The molecule has 3 nitrogen and oxygen atoms in total. The molecule has 1 atom stereocenters. The van der Waals surface area contributed by atoms with Crippen LogP contribution in [0.3, 0.4) is 0 Å². The van der Waals surface area contributed by atoms with Crippen molar-refractivity contribution in [1.82, 2.24) is 5.32 Å². The zero-order valence-electron chi connectivity index (χ0n) is 10.5. The van der Waals surface area contributed by atoms with Gasteiger partial charge >= 0.3 is 0 Å². The van der Waals surface area contributed by atoms with Crippen molar-refractivity contribution in [1.29, 1.82) is 5.26 Å². The first-order valence-electron chi connectivity index (χ1n) is 6.16. The van der Waals surface area contributed by atoms with E-state index in [1.807, 2.05) is 6.07 Å². The van der Waals surface area contributed by atoms with E-state index in [-0.39, 0.29) is 11.2 Å². The molecule has 0 radical (unpaired) electrons. The molecular formula is C14H17FN2O. The third-order valence-corrected chi connectivity index (χ3v) is 3.30. The van der Waals surface area contributed by atoms with E-state index in [4.69, 9.17) is 10.00 Å². The minimum atomic E-state index is -0.480. The van der Waals surface area contributed by atoms with Crippen LogP contribution < -0.4 is 5.32 Å². The zero-order valence-corrected chi connectivity index (χ0v) is 10.5. The van der Waals surface area contributed by atoms with Crippen LogP contribution in [0.15, 0.2) is 18.2 Å². The van der Waals surface area contributed by atoms with Gasteiger partial charge < -0.3 is 10.1 Å². The molecule has 0 aromatic heterocycles. The summed E-state index contributed by atoms with van der Waals surface area (Å²) in [5.74, 6) is -0.480. The number of nitrogens with zero attached hydrogens (tertiary/aromatic N) is 1. The second-order valence-corrected chi connectivity index (χ2v) is 4.94. The molecule has 2 rings (SSSR count). The Bertz CT molecular complexity index is 461. The summed E-state index contributed by atoms with van der Waals surface area (Å²) < 4.78 is 19.1. The van der Waals surface area contributed by atoms with Gasteiger partial charge in [-0.25, -0.2) is 4.39 Å². The molecule has 1 aromatic rings. The summed E-state index contributed by atoms with van der Waals surface area (Å²) in [6.45, 7) is 4.36. The van der Waals surface area contributed by atoms with Gasteiger partial charge in [-0.05, 0) is 44.0 Å². The van der Waals surface area contributed by atoms with Crippen molar-refractivity contribution in [2.75, 3.05) is 13.1 Å². The van der Waals surface area contributed by atoms with E-state index in [2.05, 4.69) is 12.2 Å². The van der Waals surface area contributed by atoms with Gasteiger partial charge in [0.25, 0.3) is 0 Å². The molecule has 1 unspecified atom stereocenters. The van der Waals surface area contributed by atoms with Gasteiger partial charge in [-0.3, -0.25) is 0 Å². The van der Waals surface area contributed by atoms with Crippen molar-refractivity contribution < 1.29 is 9.13 Å². The highest BCUT2D eigenvalue weighted by Gasteiger charge is 2.27. The molecule has 1 N–H and O–H groups in total. The molecule has 18 heavy (non-hydrogen) atoms. The molecule has 1 aromatic carbocycles. The van der Waals surface area contributed by atoms with E-state index in [0.29, 0.717) is 6.61 Å². The SMILES string of the molecule is CC1(OCc2ccc(F)c(C#N)c2)CCCNC1. The topological polar surface area (TPSA) is 45.0 Å². The summed E-state index contributed by atoms with van der Waals surface area (Å²) in [5, 5.41) is 12.1.